The summed E-state index contributed by atoms with van der Waals surface area (Å²) in [6.07, 6.45) is 10.2. The zero-order valence-corrected chi connectivity index (χ0v) is 11.6. The Morgan fingerprint density at radius 3 is 1.87 bits per heavy atom. The SMILES string of the molecule is C[Si](C)(C)CC1(C=O)CCCCCCC1. The van der Waals surface area contributed by atoms with Gasteiger partial charge in [-0.1, -0.05) is 51.7 Å². The lowest BCUT2D eigenvalue weighted by atomic mass is 9.79. The minimum Gasteiger partial charge on any atom is -0.303 e. The van der Waals surface area contributed by atoms with E-state index < -0.39 is 8.07 Å². The van der Waals surface area contributed by atoms with E-state index in [4.69, 9.17) is 0 Å². The van der Waals surface area contributed by atoms with Crippen molar-refractivity contribution in [1.29, 1.82) is 0 Å². The number of aldehydes is 1. The maximum atomic E-state index is 11.4. The van der Waals surface area contributed by atoms with Crippen molar-refractivity contribution in [3.8, 4) is 0 Å². The first-order valence-electron chi connectivity index (χ1n) is 6.44. The Labute approximate surface area is 95.7 Å². The molecule has 1 fully saturated rings. The Kier molecular flexibility index (Phi) is 4.57. The van der Waals surface area contributed by atoms with E-state index in [1.54, 1.807) is 0 Å². The topological polar surface area (TPSA) is 17.1 Å². The van der Waals surface area contributed by atoms with Crippen molar-refractivity contribution in [2.45, 2.75) is 70.6 Å². The quantitative estimate of drug-likeness (QED) is 0.519. The third kappa shape index (κ3) is 4.50. The molecule has 0 radical (unpaired) electrons. The minimum absolute atomic E-state index is 0.0604. The summed E-state index contributed by atoms with van der Waals surface area (Å²) in [5, 5.41) is 0. The van der Waals surface area contributed by atoms with Gasteiger partial charge in [-0.05, 0) is 18.9 Å². The van der Waals surface area contributed by atoms with Crippen LogP contribution in [0.5, 0.6) is 0 Å². The highest BCUT2D eigenvalue weighted by atomic mass is 28.3. The Morgan fingerprint density at radius 2 is 1.47 bits per heavy atom. The second-order valence-electron chi connectivity index (χ2n) is 6.49. The van der Waals surface area contributed by atoms with Gasteiger partial charge in [0.2, 0.25) is 0 Å². The minimum atomic E-state index is -1.11. The molecule has 15 heavy (non-hydrogen) atoms. The number of carbonyl (C=O) groups is 1. The molecular formula is C13H26OSi. The van der Waals surface area contributed by atoms with Crippen molar-refractivity contribution in [3.63, 3.8) is 0 Å². The van der Waals surface area contributed by atoms with Gasteiger partial charge < -0.3 is 4.79 Å². The van der Waals surface area contributed by atoms with Crippen LogP contribution in [0.2, 0.25) is 25.7 Å². The van der Waals surface area contributed by atoms with Crippen LogP contribution in [0.25, 0.3) is 0 Å². The van der Waals surface area contributed by atoms with Crippen molar-refractivity contribution in [2.24, 2.45) is 5.41 Å². The number of rotatable bonds is 3. The summed E-state index contributed by atoms with van der Waals surface area (Å²) >= 11 is 0. The van der Waals surface area contributed by atoms with Crippen molar-refractivity contribution in [2.75, 3.05) is 0 Å². The van der Waals surface area contributed by atoms with Gasteiger partial charge in [0.05, 0.1) is 0 Å². The molecule has 0 spiro atoms. The lowest BCUT2D eigenvalue weighted by molar-refractivity contribution is -0.116. The Balaban J connectivity index is 2.66. The summed E-state index contributed by atoms with van der Waals surface area (Å²) < 4.78 is 0. The predicted octanol–water partition coefficient (Wildman–Crippen LogP) is 4.25. The fourth-order valence-electron chi connectivity index (χ4n) is 3.00. The van der Waals surface area contributed by atoms with Gasteiger partial charge in [-0.2, -0.15) is 0 Å². The molecule has 0 heterocycles. The average Bonchev–Trinajstić information content (AvgIpc) is 2.08. The van der Waals surface area contributed by atoms with Gasteiger partial charge in [-0.25, -0.2) is 0 Å². The molecule has 88 valence electrons. The van der Waals surface area contributed by atoms with Crippen LogP contribution in [0.15, 0.2) is 0 Å². The first kappa shape index (κ1) is 13.0. The molecule has 0 aromatic rings. The highest BCUT2D eigenvalue weighted by Crippen LogP contribution is 2.39. The molecule has 0 aliphatic heterocycles. The molecule has 1 nitrogen and oxygen atoms in total. The van der Waals surface area contributed by atoms with Crippen molar-refractivity contribution in [3.05, 3.63) is 0 Å². The van der Waals surface area contributed by atoms with Crippen molar-refractivity contribution < 1.29 is 4.79 Å². The molecule has 1 aliphatic carbocycles. The molecule has 0 saturated heterocycles. The van der Waals surface area contributed by atoms with Gasteiger partial charge in [0.1, 0.15) is 6.29 Å². The van der Waals surface area contributed by atoms with Gasteiger partial charge >= 0.3 is 0 Å². The Hall–Kier alpha value is -0.113. The first-order valence-corrected chi connectivity index (χ1v) is 10.1. The maximum absolute atomic E-state index is 11.4. The van der Waals surface area contributed by atoms with Gasteiger partial charge in [0, 0.05) is 13.5 Å². The highest BCUT2D eigenvalue weighted by molar-refractivity contribution is 6.76. The largest absolute Gasteiger partial charge is 0.303 e. The van der Waals surface area contributed by atoms with Crippen molar-refractivity contribution >= 4 is 14.4 Å². The molecule has 0 atom stereocenters. The van der Waals surface area contributed by atoms with Gasteiger partial charge in [0.15, 0.2) is 0 Å². The highest BCUT2D eigenvalue weighted by Gasteiger charge is 2.34. The van der Waals surface area contributed by atoms with Crippen LogP contribution in [-0.4, -0.2) is 14.4 Å². The van der Waals surface area contributed by atoms with E-state index in [-0.39, 0.29) is 5.41 Å². The zero-order chi connectivity index (χ0) is 11.4. The molecule has 0 aromatic heterocycles. The standard InChI is InChI=1S/C13H26OSi/c1-15(2,3)12-13(11-14)9-7-5-4-6-8-10-13/h11H,4-10,12H2,1-3H3. The van der Waals surface area contributed by atoms with Crippen LogP contribution in [0.4, 0.5) is 0 Å². The Morgan fingerprint density at radius 1 is 1.00 bits per heavy atom. The summed E-state index contributed by atoms with van der Waals surface area (Å²) in [5.41, 5.74) is 0.0604. The maximum Gasteiger partial charge on any atom is 0.125 e. The van der Waals surface area contributed by atoms with Gasteiger partial charge in [-0.15, -0.1) is 0 Å². The molecule has 1 aliphatic rings. The van der Waals surface area contributed by atoms with E-state index in [1.165, 1.54) is 44.4 Å². The monoisotopic (exact) mass is 226 g/mol. The molecule has 0 bridgehead atoms. The van der Waals surface area contributed by atoms with Crippen LogP contribution in [0.1, 0.15) is 44.9 Å². The molecule has 0 N–H and O–H groups in total. The summed E-state index contributed by atoms with van der Waals surface area (Å²) in [7, 11) is -1.11. The molecule has 2 heteroatoms. The zero-order valence-electron chi connectivity index (χ0n) is 10.6. The van der Waals surface area contributed by atoms with E-state index in [1.807, 2.05) is 0 Å². The third-order valence-corrected chi connectivity index (χ3v) is 5.25. The van der Waals surface area contributed by atoms with E-state index in [2.05, 4.69) is 19.6 Å². The van der Waals surface area contributed by atoms with Crippen LogP contribution in [0, 0.1) is 5.41 Å². The fraction of sp³-hybridized carbons (Fsp3) is 0.923. The van der Waals surface area contributed by atoms with E-state index in [0.717, 1.165) is 12.8 Å². The molecule has 0 amide bonds. The van der Waals surface area contributed by atoms with Crippen molar-refractivity contribution in [1.82, 2.24) is 0 Å². The smallest absolute Gasteiger partial charge is 0.125 e. The van der Waals surface area contributed by atoms with Crippen LogP contribution in [-0.2, 0) is 4.79 Å². The Bertz CT molecular complexity index is 197. The normalized spacial score (nSPS) is 22.9. The average molecular weight is 226 g/mol. The number of hydrogen-bond acceptors (Lipinski definition) is 1. The first-order chi connectivity index (χ1) is 6.97. The molecule has 0 unspecified atom stereocenters. The molecule has 0 aromatic carbocycles. The summed E-state index contributed by atoms with van der Waals surface area (Å²) in [5.74, 6) is 0. The molecule has 1 rings (SSSR count). The fourth-order valence-corrected chi connectivity index (χ4v) is 5.55. The van der Waals surface area contributed by atoms with E-state index in [9.17, 15) is 4.79 Å². The summed E-state index contributed by atoms with van der Waals surface area (Å²) in [6, 6.07) is 1.20. The molecular weight excluding hydrogens is 200 g/mol. The van der Waals surface area contributed by atoms with Gasteiger partial charge in [0.25, 0.3) is 0 Å². The third-order valence-electron chi connectivity index (χ3n) is 3.48. The van der Waals surface area contributed by atoms with Crippen LogP contribution < -0.4 is 0 Å². The summed E-state index contributed by atoms with van der Waals surface area (Å²) in [4.78, 5) is 11.4. The molecule has 1 saturated carbocycles. The number of hydrogen-bond donors (Lipinski definition) is 0. The second-order valence-corrected chi connectivity index (χ2v) is 12.0. The number of carbonyl (C=O) groups excluding carboxylic acids is 1. The van der Waals surface area contributed by atoms with Crippen LogP contribution >= 0.6 is 0 Å². The summed E-state index contributed by atoms with van der Waals surface area (Å²) in [6.45, 7) is 7.16. The van der Waals surface area contributed by atoms with E-state index in [0.29, 0.717) is 0 Å². The van der Waals surface area contributed by atoms with Crippen LogP contribution in [0.3, 0.4) is 0 Å². The van der Waals surface area contributed by atoms with E-state index >= 15 is 0 Å². The lowest BCUT2D eigenvalue weighted by Crippen LogP contribution is -2.34. The predicted molar refractivity (Wildman–Crippen MR) is 69.0 cm³/mol. The van der Waals surface area contributed by atoms with Gasteiger partial charge in [-0.3, -0.25) is 0 Å². The second kappa shape index (κ2) is 5.29. The lowest BCUT2D eigenvalue weighted by Gasteiger charge is -2.35.